The van der Waals surface area contributed by atoms with Crippen molar-refractivity contribution in [2.75, 3.05) is 26.4 Å². The van der Waals surface area contributed by atoms with Crippen LogP contribution in [0.4, 0.5) is 0 Å². The number of aliphatic carboxylic acids is 1. The predicted molar refractivity (Wildman–Crippen MR) is 66.3 cm³/mol. The Morgan fingerprint density at radius 3 is 2.22 bits per heavy atom. The second kappa shape index (κ2) is 15.9. The van der Waals surface area contributed by atoms with Crippen molar-refractivity contribution in [1.29, 1.82) is 0 Å². The highest BCUT2D eigenvalue weighted by Gasteiger charge is 1.97. The molecule has 0 aromatic rings. The average Bonchev–Trinajstić information content (AvgIpc) is 2.33. The number of ether oxygens (including phenoxy) is 2. The van der Waals surface area contributed by atoms with E-state index in [4.69, 9.17) is 14.9 Å². The lowest BCUT2D eigenvalue weighted by atomic mass is 10.3. The van der Waals surface area contributed by atoms with E-state index in [1.54, 1.807) is 0 Å². The van der Waals surface area contributed by atoms with Crippen LogP contribution in [0, 0.1) is 0 Å². The molecule has 6 nitrogen and oxygen atoms in total. The Balaban J connectivity index is 0. The normalized spacial score (nSPS) is 9.28. The van der Waals surface area contributed by atoms with E-state index in [-0.39, 0.29) is 25.8 Å². The van der Waals surface area contributed by atoms with Gasteiger partial charge in [-0.2, -0.15) is 0 Å². The summed E-state index contributed by atoms with van der Waals surface area (Å²) in [5.41, 5.74) is 0. The molecule has 0 rings (SSSR count). The fourth-order valence-electron chi connectivity index (χ4n) is 0.842. The summed E-state index contributed by atoms with van der Waals surface area (Å²) in [6, 6.07) is 0. The van der Waals surface area contributed by atoms with Gasteiger partial charge in [-0.3, -0.25) is 4.79 Å². The van der Waals surface area contributed by atoms with E-state index >= 15 is 0 Å². The zero-order valence-corrected chi connectivity index (χ0v) is 11.2. The molecule has 0 bridgehead atoms. The van der Waals surface area contributed by atoms with Crippen molar-refractivity contribution in [3.8, 4) is 0 Å². The molecule has 0 saturated heterocycles. The topological polar surface area (TPSA) is 93.1 Å². The number of unbranched alkanes of at least 4 members (excludes halogenated alkanes) is 1. The number of hydrogen-bond acceptors (Lipinski definition) is 5. The molecule has 0 unspecified atom stereocenters. The quantitative estimate of drug-likeness (QED) is 0.480. The predicted octanol–water partition coefficient (Wildman–Crippen LogP) is 1.21. The number of esters is 1. The van der Waals surface area contributed by atoms with Gasteiger partial charge < -0.3 is 19.7 Å². The number of hydrogen-bond donors (Lipinski definition) is 2. The molecule has 0 amide bonds. The monoisotopic (exact) mass is 264 g/mol. The van der Waals surface area contributed by atoms with Gasteiger partial charge in [0.15, 0.2) is 0 Å². The van der Waals surface area contributed by atoms with E-state index in [2.05, 4.69) is 4.74 Å². The number of aliphatic hydroxyl groups excluding tert-OH is 1. The Hall–Kier alpha value is -1.14. The number of aliphatic hydroxyl groups is 1. The van der Waals surface area contributed by atoms with Crippen LogP contribution in [0.15, 0.2) is 0 Å². The van der Waals surface area contributed by atoms with Gasteiger partial charge in [0, 0.05) is 13.0 Å². The van der Waals surface area contributed by atoms with E-state index in [9.17, 15) is 9.59 Å². The Morgan fingerprint density at radius 1 is 1.11 bits per heavy atom. The average molecular weight is 264 g/mol. The highest BCUT2D eigenvalue weighted by atomic mass is 16.5. The number of carbonyl (C=O) groups excluding carboxylic acids is 1. The molecule has 0 heterocycles. The summed E-state index contributed by atoms with van der Waals surface area (Å²) in [5.74, 6) is -1.13. The van der Waals surface area contributed by atoms with Gasteiger partial charge >= 0.3 is 11.9 Å². The summed E-state index contributed by atoms with van der Waals surface area (Å²) in [7, 11) is 0. The Labute approximate surface area is 108 Å². The fourth-order valence-corrected chi connectivity index (χ4v) is 0.842. The molecule has 2 N–H and O–H groups in total. The molecule has 0 atom stereocenters. The van der Waals surface area contributed by atoms with Crippen LogP contribution in [-0.4, -0.2) is 48.6 Å². The van der Waals surface area contributed by atoms with Crippen LogP contribution in [0.3, 0.4) is 0 Å². The standard InChI is InChI=1S/2C6H12O3/c1-2-3-6(8)9-5-4-7;1-2-3-4-9-5-6(7)8/h7H,2-5H2,1H3;2-5H2,1H3,(H,7,8). The SMILES string of the molecule is CCCC(=O)OCCO.CCCCOCC(=O)O. The second-order valence-electron chi connectivity index (χ2n) is 3.49. The summed E-state index contributed by atoms with van der Waals surface area (Å²) >= 11 is 0. The van der Waals surface area contributed by atoms with Gasteiger partial charge in [-0.25, -0.2) is 4.79 Å². The van der Waals surface area contributed by atoms with Crippen molar-refractivity contribution in [3.05, 3.63) is 0 Å². The van der Waals surface area contributed by atoms with E-state index in [1.807, 2.05) is 13.8 Å². The van der Waals surface area contributed by atoms with Crippen LogP contribution >= 0.6 is 0 Å². The first kappa shape index (κ1) is 19.2. The maximum Gasteiger partial charge on any atom is 0.329 e. The molecular weight excluding hydrogens is 240 g/mol. The van der Waals surface area contributed by atoms with Gasteiger partial charge in [0.1, 0.15) is 13.2 Å². The lowest BCUT2D eigenvalue weighted by Crippen LogP contribution is -2.07. The number of carboxylic acids is 1. The fraction of sp³-hybridized carbons (Fsp3) is 0.833. The molecule has 0 radical (unpaired) electrons. The zero-order valence-electron chi connectivity index (χ0n) is 11.2. The second-order valence-corrected chi connectivity index (χ2v) is 3.49. The molecule has 0 saturated carbocycles. The minimum atomic E-state index is -0.897. The maximum atomic E-state index is 10.5. The van der Waals surface area contributed by atoms with Crippen LogP contribution in [0.5, 0.6) is 0 Å². The molecule has 0 aliphatic rings. The summed E-state index contributed by atoms with van der Waals surface area (Å²) < 4.78 is 9.28. The Kier molecular flexibility index (Phi) is 16.9. The summed E-state index contributed by atoms with van der Waals surface area (Å²) in [5, 5.41) is 16.3. The molecule has 0 spiro atoms. The van der Waals surface area contributed by atoms with Gasteiger partial charge in [0.05, 0.1) is 6.61 Å². The molecule has 0 aromatic heterocycles. The molecular formula is C12H24O6. The van der Waals surface area contributed by atoms with Crippen molar-refractivity contribution >= 4 is 11.9 Å². The van der Waals surface area contributed by atoms with Crippen molar-refractivity contribution in [2.45, 2.75) is 39.5 Å². The molecule has 0 fully saturated rings. The minimum absolute atomic E-state index is 0.0878. The van der Waals surface area contributed by atoms with Crippen LogP contribution in [0.2, 0.25) is 0 Å². The van der Waals surface area contributed by atoms with Crippen molar-refractivity contribution < 1.29 is 29.3 Å². The minimum Gasteiger partial charge on any atom is -0.480 e. The van der Waals surface area contributed by atoms with E-state index < -0.39 is 5.97 Å². The number of rotatable bonds is 9. The van der Waals surface area contributed by atoms with E-state index in [0.717, 1.165) is 19.3 Å². The molecule has 0 aliphatic carbocycles. The van der Waals surface area contributed by atoms with Crippen molar-refractivity contribution in [2.24, 2.45) is 0 Å². The maximum absolute atomic E-state index is 10.5. The van der Waals surface area contributed by atoms with Gasteiger partial charge in [0.2, 0.25) is 0 Å². The highest BCUT2D eigenvalue weighted by molar-refractivity contribution is 5.69. The van der Waals surface area contributed by atoms with E-state index in [0.29, 0.717) is 13.0 Å². The largest absolute Gasteiger partial charge is 0.480 e. The van der Waals surface area contributed by atoms with Gasteiger partial charge in [0.25, 0.3) is 0 Å². The van der Waals surface area contributed by atoms with Crippen molar-refractivity contribution in [3.63, 3.8) is 0 Å². The molecule has 18 heavy (non-hydrogen) atoms. The Bertz CT molecular complexity index is 205. The summed E-state index contributed by atoms with van der Waals surface area (Å²) in [4.78, 5) is 20.3. The van der Waals surface area contributed by atoms with Crippen molar-refractivity contribution in [1.82, 2.24) is 0 Å². The first-order valence-corrected chi connectivity index (χ1v) is 6.14. The van der Waals surface area contributed by atoms with Crippen LogP contribution < -0.4 is 0 Å². The summed E-state index contributed by atoms with van der Waals surface area (Å²) in [6.45, 7) is 4.36. The smallest absolute Gasteiger partial charge is 0.329 e. The molecule has 0 aromatic carbocycles. The lowest BCUT2D eigenvalue weighted by molar-refractivity contribution is -0.144. The Morgan fingerprint density at radius 2 is 1.78 bits per heavy atom. The first-order valence-electron chi connectivity index (χ1n) is 6.14. The van der Waals surface area contributed by atoms with Gasteiger partial charge in [-0.05, 0) is 12.8 Å². The third-order valence-electron chi connectivity index (χ3n) is 1.68. The zero-order chi connectivity index (χ0) is 14.2. The van der Waals surface area contributed by atoms with Crippen LogP contribution in [0.1, 0.15) is 39.5 Å². The number of carbonyl (C=O) groups is 2. The summed E-state index contributed by atoms with van der Waals surface area (Å²) in [6.07, 6.45) is 3.22. The van der Waals surface area contributed by atoms with Gasteiger partial charge in [-0.1, -0.05) is 20.3 Å². The van der Waals surface area contributed by atoms with E-state index in [1.165, 1.54) is 0 Å². The molecule has 108 valence electrons. The highest BCUT2D eigenvalue weighted by Crippen LogP contribution is 1.89. The first-order chi connectivity index (χ1) is 8.58. The third kappa shape index (κ3) is 20.3. The third-order valence-corrected chi connectivity index (χ3v) is 1.68. The number of carboxylic acid groups (broad SMARTS) is 1. The molecule has 6 heteroatoms. The van der Waals surface area contributed by atoms with Gasteiger partial charge in [-0.15, -0.1) is 0 Å². The lowest BCUT2D eigenvalue weighted by Gasteiger charge is -1.98. The van der Waals surface area contributed by atoms with Crippen LogP contribution in [-0.2, 0) is 19.1 Å². The van der Waals surface area contributed by atoms with Crippen LogP contribution in [0.25, 0.3) is 0 Å². The molecule has 0 aliphatic heterocycles.